The summed E-state index contributed by atoms with van der Waals surface area (Å²) in [6.07, 6.45) is 4.90. The third-order valence-electron chi connectivity index (χ3n) is 6.48. The number of carbonyl (C=O) groups excluding carboxylic acids is 3. The number of urea groups is 1. The number of rotatable bonds is 4. The molecule has 5 rings (SSSR count). The first-order valence-corrected chi connectivity index (χ1v) is 11.6. The van der Waals surface area contributed by atoms with Crippen LogP contribution in [0.3, 0.4) is 0 Å². The maximum absolute atomic E-state index is 13.4. The third-order valence-corrected chi connectivity index (χ3v) is 6.48. The average molecular weight is 455 g/mol. The van der Waals surface area contributed by atoms with Crippen LogP contribution < -0.4 is 16.0 Å². The molecule has 4 amide bonds. The van der Waals surface area contributed by atoms with E-state index in [2.05, 4.69) is 5.32 Å². The highest BCUT2D eigenvalue weighted by atomic mass is 16.2. The number of anilines is 4. The van der Waals surface area contributed by atoms with Crippen molar-refractivity contribution in [1.82, 2.24) is 4.90 Å². The van der Waals surface area contributed by atoms with E-state index < -0.39 is 6.03 Å². The largest absolute Gasteiger partial charge is 0.399 e. The van der Waals surface area contributed by atoms with E-state index >= 15 is 0 Å². The predicted octanol–water partition coefficient (Wildman–Crippen LogP) is 5.57. The van der Waals surface area contributed by atoms with Crippen molar-refractivity contribution in [3.63, 3.8) is 0 Å². The van der Waals surface area contributed by atoms with E-state index in [1.165, 1.54) is 9.80 Å². The smallest absolute Gasteiger partial charge is 0.330 e. The highest BCUT2D eigenvalue weighted by Crippen LogP contribution is 2.33. The van der Waals surface area contributed by atoms with Gasteiger partial charge in [0.15, 0.2) is 0 Å². The Morgan fingerprint density at radius 1 is 0.824 bits per heavy atom. The zero-order valence-electron chi connectivity index (χ0n) is 18.7. The van der Waals surface area contributed by atoms with Crippen LogP contribution in [0.25, 0.3) is 0 Å². The lowest BCUT2D eigenvalue weighted by Gasteiger charge is -2.29. The number of benzene rings is 3. The lowest BCUT2D eigenvalue weighted by atomic mass is 9.94. The Bertz CT molecular complexity index is 1230. The SMILES string of the molecule is Nc1ccc(N(C(=O)Nc2ccc3c(c2)C(=O)N(C2CCCCC2)C3=O)c2ccccc2)cc1. The number of nitrogens with one attached hydrogen (secondary N) is 1. The number of amides is 4. The van der Waals surface area contributed by atoms with Gasteiger partial charge in [0.1, 0.15) is 0 Å². The highest BCUT2D eigenvalue weighted by molar-refractivity contribution is 6.22. The molecule has 7 heteroatoms. The molecule has 1 aliphatic carbocycles. The predicted molar refractivity (Wildman–Crippen MR) is 132 cm³/mol. The number of carbonyl (C=O) groups is 3. The van der Waals surface area contributed by atoms with Crippen LogP contribution in [0.15, 0.2) is 72.8 Å². The first-order chi connectivity index (χ1) is 16.5. The highest BCUT2D eigenvalue weighted by Gasteiger charge is 2.40. The van der Waals surface area contributed by atoms with E-state index in [-0.39, 0.29) is 17.9 Å². The van der Waals surface area contributed by atoms with Crippen LogP contribution in [0.2, 0.25) is 0 Å². The van der Waals surface area contributed by atoms with Crippen LogP contribution in [0, 0.1) is 0 Å². The van der Waals surface area contributed by atoms with Gasteiger partial charge in [-0.25, -0.2) is 4.79 Å². The molecule has 0 unspecified atom stereocenters. The van der Waals surface area contributed by atoms with Gasteiger partial charge >= 0.3 is 6.03 Å². The van der Waals surface area contributed by atoms with Crippen molar-refractivity contribution in [2.24, 2.45) is 0 Å². The van der Waals surface area contributed by atoms with Gasteiger partial charge in [-0.1, -0.05) is 37.5 Å². The van der Waals surface area contributed by atoms with Gasteiger partial charge in [-0.2, -0.15) is 0 Å². The van der Waals surface area contributed by atoms with Gasteiger partial charge in [-0.05, 0) is 67.4 Å². The van der Waals surface area contributed by atoms with Gasteiger partial charge in [0.05, 0.1) is 22.5 Å². The summed E-state index contributed by atoms with van der Waals surface area (Å²) in [5, 5.41) is 2.89. The summed E-state index contributed by atoms with van der Waals surface area (Å²) in [6.45, 7) is 0. The molecule has 0 aromatic heterocycles. The van der Waals surface area contributed by atoms with E-state index in [0.717, 1.165) is 32.1 Å². The number of nitrogens with two attached hydrogens (primary N) is 1. The maximum Gasteiger partial charge on any atom is 0.330 e. The number of imide groups is 1. The van der Waals surface area contributed by atoms with Crippen LogP contribution >= 0.6 is 0 Å². The molecule has 3 aromatic rings. The van der Waals surface area contributed by atoms with E-state index in [4.69, 9.17) is 5.73 Å². The van der Waals surface area contributed by atoms with Gasteiger partial charge in [0.25, 0.3) is 11.8 Å². The summed E-state index contributed by atoms with van der Waals surface area (Å²) in [5.41, 5.74) is 8.94. The third kappa shape index (κ3) is 4.01. The minimum Gasteiger partial charge on any atom is -0.399 e. The zero-order valence-corrected chi connectivity index (χ0v) is 18.7. The minimum atomic E-state index is -0.392. The fourth-order valence-corrected chi connectivity index (χ4v) is 4.77. The van der Waals surface area contributed by atoms with Gasteiger partial charge in [-0.15, -0.1) is 0 Å². The van der Waals surface area contributed by atoms with Crippen LogP contribution in [0.5, 0.6) is 0 Å². The monoisotopic (exact) mass is 454 g/mol. The molecule has 172 valence electrons. The molecular weight excluding hydrogens is 428 g/mol. The van der Waals surface area contributed by atoms with Gasteiger partial charge < -0.3 is 11.1 Å². The molecule has 3 N–H and O–H groups in total. The first-order valence-electron chi connectivity index (χ1n) is 11.6. The Hall–Kier alpha value is -4.13. The Labute approximate surface area is 198 Å². The van der Waals surface area contributed by atoms with Crippen molar-refractivity contribution < 1.29 is 14.4 Å². The van der Waals surface area contributed by atoms with Gasteiger partial charge in [0.2, 0.25) is 0 Å². The molecule has 0 spiro atoms. The van der Waals surface area contributed by atoms with Crippen LogP contribution in [-0.4, -0.2) is 28.8 Å². The van der Waals surface area contributed by atoms with E-state index in [1.54, 1.807) is 42.5 Å². The summed E-state index contributed by atoms with van der Waals surface area (Å²) in [5.74, 6) is -0.515. The molecular formula is C27H26N4O3. The van der Waals surface area contributed by atoms with E-state index in [9.17, 15) is 14.4 Å². The van der Waals surface area contributed by atoms with Crippen LogP contribution in [-0.2, 0) is 0 Å². The maximum atomic E-state index is 13.4. The first kappa shape index (κ1) is 21.7. The number of nitrogen functional groups attached to an aromatic ring is 1. The molecule has 0 saturated heterocycles. The summed E-state index contributed by atoms with van der Waals surface area (Å²) in [7, 11) is 0. The molecule has 3 aromatic carbocycles. The number of fused-ring (bicyclic) bond motifs is 1. The Morgan fingerprint density at radius 3 is 2.18 bits per heavy atom. The van der Waals surface area contributed by atoms with E-state index in [1.807, 2.05) is 30.3 Å². The minimum absolute atomic E-state index is 0.0433. The number of hydrogen-bond donors (Lipinski definition) is 2. The quantitative estimate of drug-likeness (QED) is 0.398. The fourth-order valence-electron chi connectivity index (χ4n) is 4.77. The molecule has 0 bridgehead atoms. The second kappa shape index (κ2) is 9.02. The topological polar surface area (TPSA) is 95.7 Å². The Balaban J connectivity index is 1.42. The molecule has 7 nitrogen and oxygen atoms in total. The molecule has 2 aliphatic rings. The number of nitrogens with zero attached hydrogens (tertiary/aromatic N) is 2. The lowest BCUT2D eigenvalue weighted by Crippen LogP contribution is -2.40. The van der Waals surface area contributed by atoms with Crippen molar-refractivity contribution in [1.29, 1.82) is 0 Å². The molecule has 1 aliphatic heterocycles. The molecule has 1 heterocycles. The van der Waals surface area contributed by atoms with Crippen LogP contribution in [0.4, 0.5) is 27.5 Å². The Morgan fingerprint density at radius 2 is 1.47 bits per heavy atom. The average Bonchev–Trinajstić information content (AvgIpc) is 3.11. The normalized spacial score (nSPS) is 15.8. The zero-order chi connectivity index (χ0) is 23.7. The Kier molecular flexibility index (Phi) is 5.76. The van der Waals surface area contributed by atoms with E-state index in [0.29, 0.717) is 33.9 Å². The van der Waals surface area contributed by atoms with Gasteiger partial charge in [-0.3, -0.25) is 19.4 Å². The molecule has 1 fully saturated rings. The second-order valence-electron chi connectivity index (χ2n) is 8.73. The summed E-state index contributed by atoms with van der Waals surface area (Å²) >= 11 is 0. The van der Waals surface area contributed by atoms with Crippen molar-refractivity contribution >= 4 is 40.6 Å². The van der Waals surface area contributed by atoms with Gasteiger partial charge in [0, 0.05) is 17.4 Å². The summed E-state index contributed by atoms with van der Waals surface area (Å²) in [4.78, 5) is 42.4. The number of para-hydroxylation sites is 1. The molecule has 0 atom stereocenters. The molecule has 1 saturated carbocycles. The lowest BCUT2D eigenvalue weighted by molar-refractivity contribution is 0.0549. The van der Waals surface area contributed by atoms with Crippen molar-refractivity contribution in [2.45, 2.75) is 38.1 Å². The molecule has 34 heavy (non-hydrogen) atoms. The fraction of sp³-hybridized carbons (Fsp3) is 0.222. The standard InChI is InChI=1S/C27H26N4O3/c28-18-11-14-22(15-12-18)30(20-7-3-1-4-8-20)27(34)29-19-13-16-23-24(17-19)26(33)31(25(23)32)21-9-5-2-6-10-21/h1,3-4,7-8,11-17,21H,2,5-6,9-10,28H2,(H,29,34). The number of hydrogen-bond acceptors (Lipinski definition) is 4. The second-order valence-corrected chi connectivity index (χ2v) is 8.73. The van der Waals surface area contributed by atoms with Crippen molar-refractivity contribution in [3.8, 4) is 0 Å². The van der Waals surface area contributed by atoms with Crippen LogP contribution in [0.1, 0.15) is 52.8 Å². The molecule has 0 radical (unpaired) electrons. The van der Waals surface area contributed by atoms with Crippen molar-refractivity contribution in [3.05, 3.63) is 83.9 Å². The summed E-state index contributed by atoms with van der Waals surface area (Å²) in [6, 6.07) is 20.7. The summed E-state index contributed by atoms with van der Waals surface area (Å²) < 4.78 is 0. The van der Waals surface area contributed by atoms with Crippen molar-refractivity contribution in [2.75, 3.05) is 16.0 Å².